The van der Waals surface area contributed by atoms with Crippen LogP contribution in [0, 0.1) is 0 Å². The van der Waals surface area contributed by atoms with Gasteiger partial charge in [0.05, 0.1) is 6.54 Å². The van der Waals surface area contributed by atoms with E-state index in [0.29, 0.717) is 6.54 Å². The summed E-state index contributed by atoms with van der Waals surface area (Å²) in [6.07, 6.45) is 3.98. The van der Waals surface area contributed by atoms with E-state index < -0.39 is 0 Å². The number of aliphatic imine (C=N–C) groups is 1. The van der Waals surface area contributed by atoms with Crippen LogP contribution in [0.3, 0.4) is 0 Å². The van der Waals surface area contributed by atoms with Crippen LogP contribution >= 0.6 is 39.9 Å². The second-order valence-corrected chi connectivity index (χ2v) is 6.48. The van der Waals surface area contributed by atoms with Crippen LogP contribution in [0.25, 0.3) is 0 Å². The van der Waals surface area contributed by atoms with Gasteiger partial charge in [0.15, 0.2) is 5.96 Å². The zero-order valence-corrected chi connectivity index (χ0v) is 16.8. The van der Waals surface area contributed by atoms with Gasteiger partial charge in [0.25, 0.3) is 0 Å². The molecule has 0 unspecified atom stereocenters. The molecule has 23 heavy (non-hydrogen) atoms. The predicted octanol–water partition coefficient (Wildman–Crippen LogP) is 3.45. The van der Waals surface area contributed by atoms with Crippen molar-refractivity contribution in [2.45, 2.75) is 24.8 Å². The Kier molecular flexibility index (Phi) is 6.46. The maximum atomic E-state index is 4.82. The molecule has 0 aliphatic heterocycles. The summed E-state index contributed by atoms with van der Waals surface area (Å²) in [6, 6.07) is 10.4. The van der Waals surface area contributed by atoms with Crippen LogP contribution in [0.15, 0.2) is 50.6 Å². The van der Waals surface area contributed by atoms with Crippen LogP contribution < -0.4 is 10.6 Å². The highest BCUT2D eigenvalue weighted by atomic mass is 127. The molecular weight excluding hydrogens is 471 g/mol. The lowest BCUT2D eigenvalue weighted by Gasteiger charge is -2.19. The first-order valence-corrected chi connectivity index (χ1v) is 8.11. The zero-order chi connectivity index (χ0) is 15.4. The molecule has 7 heteroatoms. The van der Waals surface area contributed by atoms with Crippen LogP contribution in [-0.4, -0.2) is 24.7 Å². The summed E-state index contributed by atoms with van der Waals surface area (Å²) in [5.74, 6) is 0.782. The van der Waals surface area contributed by atoms with Gasteiger partial charge in [-0.25, -0.2) is 0 Å². The monoisotopic (exact) mass is 490 g/mol. The van der Waals surface area contributed by atoms with Gasteiger partial charge in [0.2, 0.25) is 0 Å². The summed E-state index contributed by atoms with van der Waals surface area (Å²) in [6.45, 7) is 1.47. The molecule has 1 aromatic carbocycles. The fourth-order valence-corrected chi connectivity index (χ4v) is 2.91. The summed E-state index contributed by atoms with van der Waals surface area (Å²) in [7, 11) is 1.77. The number of guanidine groups is 1. The number of aromatic nitrogens is 1. The standard InChI is InChI=1S/C16H19BrN4O.HI/c1-18-15(19-10-14-5-8-22-21-14)20-11-16(6-7-16)12-3-2-4-13(17)9-12;/h2-5,8-9H,6-7,10-11H2,1H3,(H2,18,19,20);1H. The lowest BCUT2D eigenvalue weighted by molar-refractivity contribution is 0.410. The molecule has 1 aromatic heterocycles. The van der Waals surface area contributed by atoms with E-state index >= 15 is 0 Å². The van der Waals surface area contributed by atoms with E-state index in [4.69, 9.17) is 4.52 Å². The quantitative estimate of drug-likeness (QED) is 0.383. The van der Waals surface area contributed by atoms with Crippen LogP contribution in [0.2, 0.25) is 0 Å². The number of benzene rings is 1. The number of hydrogen-bond acceptors (Lipinski definition) is 3. The van der Waals surface area contributed by atoms with Crippen LogP contribution in [-0.2, 0) is 12.0 Å². The third kappa shape index (κ3) is 4.69. The molecule has 1 heterocycles. The molecule has 0 radical (unpaired) electrons. The summed E-state index contributed by atoms with van der Waals surface area (Å²) in [4.78, 5) is 4.26. The van der Waals surface area contributed by atoms with E-state index in [9.17, 15) is 0 Å². The SMILES string of the molecule is CN=C(NCc1ccon1)NCC1(c2cccc(Br)c2)CC1.I. The van der Waals surface area contributed by atoms with E-state index in [-0.39, 0.29) is 29.4 Å². The minimum Gasteiger partial charge on any atom is -0.364 e. The highest BCUT2D eigenvalue weighted by Crippen LogP contribution is 2.48. The van der Waals surface area contributed by atoms with Crippen molar-refractivity contribution < 1.29 is 4.52 Å². The largest absolute Gasteiger partial charge is 0.364 e. The van der Waals surface area contributed by atoms with Gasteiger partial charge >= 0.3 is 0 Å². The molecule has 0 spiro atoms. The molecule has 5 nitrogen and oxygen atoms in total. The Hall–Kier alpha value is -1.09. The zero-order valence-electron chi connectivity index (χ0n) is 12.9. The van der Waals surface area contributed by atoms with Crippen LogP contribution in [0.5, 0.6) is 0 Å². The molecule has 0 atom stereocenters. The molecule has 2 N–H and O–H groups in total. The predicted molar refractivity (Wildman–Crippen MR) is 105 cm³/mol. The third-order valence-corrected chi connectivity index (χ3v) is 4.53. The van der Waals surface area contributed by atoms with Gasteiger partial charge in [0, 0.05) is 29.5 Å². The van der Waals surface area contributed by atoms with Crippen molar-refractivity contribution >= 4 is 45.9 Å². The van der Waals surface area contributed by atoms with E-state index in [2.05, 4.69) is 61.0 Å². The van der Waals surface area contributed by atoms with Gasteiger partial charge in [-0.3, -0.25) is 4.99 Å². The summed E-state index contributed by atoms with van der Waals surface area (Å²) < 4.78 is 5.95. The van der Waals surface area contributed by atoms with Gasteiger partial charge in [-0.1, -0.05) is 33.2 Å². The Morgan fingerprint density at radius 1 is 1.35 bits per heavy atom. The Labute approximate surface area is 161 Å². The summed E-state index contributed by atoms with van der Waals surface area (Å²) in [5, 5.41) is 10.5. The van der Waals surface area contributed by atoms with E-state index in [0.717, 1.165) is 22.7 Å². The maximum absolute atomic E-state index is 4.82. The summed E-state index contributed by atoms with van der Waals surface area (Å²) >= 11 is 3.55. The van der Waals surface area contributed by atoms with Crippen molar-refractivity contribution in [2.24, 2.45) is 4.99 Å². The van der Waals surface area contributed by atoms with Gasteiger partial charge in [-0.15, -0.1) is 24.0 Å². The first-order chi connectivity index (χ1) is 10.7. The number of hydrogen-bond donors (Lipinski definition) is 2. The van der Waals surface area contributed by atoms with Crippen molar-refractivity contribution in [3.8, 4) is 0 Å². The van der Waals surface area contributed by atoms with Crippen LogP contribution in [0.4, 0.5) is 0 Å². The van der Waals surface area contributed by atoms with Gasteiger partial charge in [-0.05, 0) is 30.5 Å². The van der Waals surface area contributed by atoms with Gasteiger partial charge in [0.1, 0.15) is 12.0 Å². The van der Waals surface area contributed by atoms with Crippen molar-refractivity contribution in [2.75, 3.05) is 13.6 Å². The fraction of sp³-hybridized carbons (Fsp3) is 0.375. The first-order valence-electron chi connectivity index (χ1n) is 7.32. The van der Waals surface area contributed by atoms with Gasteiger partial charge in [-0.2, -0.15) is 0 Å². The second-order valence-electron chi connectivity index (χ2n) is 5.56. The number of rotatable bonds is 5. The molecule has 1 saturated carbocycles. The molecule has 0 amide bonds. The number of nitrogens with one attached hydrogen (secondary N) is 2. The summed E-state index contributed by atoms with van der Waals surface area (Å²) in [5.41, 5.74) is 2.47. The van der Waals surface area contributed by atoms with Crippen molar-refractivity contribution in [3.05, 3.63) is 52.3 Å². The molecule has 1 aliphatic carbocycles. The second kappa shape index (κ2) is 8.14. The maximum Gasteiger partial charge on any atom is 0.191 e. The molecule has 0 bridgehead atoms. The lowest BCUT2D eigenvalue weighted by Crippen LogP contribution is -2.40. The molecular formula is C16H20BrIN4O. The Morgan fingerprint density at radius 2 is 2.17 bits per heavy atom. The average Bonchev–Trinajstić information content (AvgIpc) is 3.14. The molecule has 2 aromatic rings. The van der Waals surface area contributed by atoms with Crippen LogP contribution in [0.1, 0.15) is 24.1 Å². The molecule has 3 rings (SSSR count). The number of nitrogens with zero attached hydrogens (tertiary/aromatic N) is 2. The van der Waals surface area contributed by atoms with E-state index in [1.54, 1.807) is 13.3 Å². The molecule has 1 fully saturated rings. The van der Waals surface area contributed by atoms with Crippen molar-refractivity contribution in [1.82, 2.24) is 15.8 Å². The lowest BCUT2D eigenvalue weighted by atomic mass is 9.96. The van der Waals surface area contributed by atoms with Crippen molar-refractivity contribution in [3.63, 3.8) is 0 Å². The normalized spacial score (nSPS) is 15.7. The Balaban J connectivity index is 0.00000192. The third-order valence-electron chi connectivity index (χ3n) is 4.04. The Morgan fingerprint density at radius 3 is 2.78 bits per heavy atom. The van der Waals surface area contributed by atoms with E-state index in [1.165, 1.54) is 18.4 Å². The molecule has 124 valence electrons. The average molecular weight is 491 g/mol. The van der Waals surface area contributed by atoms with E-state index in [1.807, 2.05) is 6.07 Å². The van der Waals surface area contributed by atoms with Gasteiger partial charge < -0.3 is 15.2 Å². The molecule has 0 saturated heterocycles. The fourth-order valence-electron chi connectivity index (χ4n) is 2.51. The number of halogens is 2. The van der Waals surface area contributed by atoms with Crippen molar-refractivity contribution in [1.29, 1.82) is 0 Å². The minimum absolute atomic E-state index is 0. The highest BCUT2D eigenvalue weighted by Gasteiger charge is 2.44. The Bertz CT molecular complexity index is 656. The smallest absolute Gasteiger partial charge is 0.191 e. The topological polar surface area (TPSA) is 62.5 Å². The first kappa shape index (κ1) is 18.3. The minimum atomic E-state index is 0. The highest BCUT2D eigenvalue weighted by molar-refractivity contribution is 14.0. The molecule has 1 aliphatic rings.